The van der Waals surface area contributed by atoms with Gasteiger partial charge in [0.15, 0.2) is 0 Å². The van der Waals surface area contributed by atoms with E-state index in [4.69, 9.17) is 4.74 Å². The van der Waals surface area contributed by atoms with E-state index in [1.165, 1.54) is 18.2 Å². The van der Waals surface area contributed by atoms with Crippen LogP contribution in [0.5, 0.6) is 0 Å². The number of amidine groups is 1. The van der Waals surface area contributed by atoms with Crippen molar-refractivity contribution in [2.45, 2.75) is 6.92 Å². The Morgan fingerprint density at radius 2 is 1.81 bits per heavy atom. The Hall–Kier alpha value is -3.37. The Morgan fingerprint density at radius 3 is 2.50 bits per heavy atom. The van der Waals surface area contributed by atoms with Crippen LogP contribution in [0, 0.1) is 18.6 Å². The summed E-state index contributed by atoms with van der Waals surface area (Å²) in [5.74, 6) is -0.521. The lowest BCUT2D eigenvalue weighted by Gasteiger charge is -2.28. The molecule has 1 fully saturated rings. The highest BCUT2D eigenvalue weighted by Gasteiger charge is 2.26. The molecule has 2 N–H and O–H groups in total. The molecule has 0 aliphatic carbocycles. The topological polar surface area (TPSA) is 87.7 Å². The second-order valence-corrected chi connectivity index (χ2v) is 7.32. The van der Waals surface area contributed by atoms with E-state index in [-0.39, 0.29) is 11.4 Å². The van der Waals surface area contributed by atoms with Gasteiger partial charge in [0.05, 0.1) is 36.4 Å². The van der Waals surface area contributed by atoms with E-state index in [9.17, 15) is 8.78 Å². The fraction of sp³-hybridized carbons (Fsp3) is 0.318. The van der Waals surface area contributed by atoms with Crippen molar-refractivity contribution in [1.82, 2.24) is 15.2 Å². The molecule has 168 valence electrons. The van der Waals surface area contributed by atoms with Crippen molar-refractivity contribution in [3.8, 4) is 11.3 Å². The smallest absolute Gasteiger partial charge is 0.144 e. The summed E-state index contributed by atoms with van der Waals surface area (Å²) in [5.41, 5.74) is 2.96. The third-order valence-corrected chi connectivity index (χ3v) is 5.07. The SMILES string of the molecule is COC.Cc1[nH]nc2c1N=C(c1c(F)cccc1F)Nc1cnc(N3CCOCC3)cc1-2. The number of benzene rings is 1. The van der Waals surface area contributed by atoms with Gasteiger partial charge in [0, 0.05) is 32.9 Å². The fourth-order valence-corrected chi connectivity index (χ4v) is 3.56. The number of hydrogen-bond donors (Lipinski definition) is 2. The maximum atomic E-state index is 14.4. The lowest BCUT2D eigenvalue weighted by atomic mass is 10.1. The van der Waals surface area contributed by atoms with Crippen molar-refractivity contribution >= 4 is 23.0 Å². The second kappa shape index (κ2) is 9.41. The summed E-state index contributed by atoms with van der Waals surface area (Å²) < 4.78 is 38.5. The lowest BCUT2D eigenvalue weighted by molar-refractivity contribution is 0.122. The number of H-pyrrole nitrogens is 1. The molecule has 1 saturated heterocycles. The number of anilines is 2. The quantitative estimate of drug-likeness (QED) is 0.630. The van der Waals surface area contributed by atoms with E-state index >= 15 is 0 Å². The predicted octanol–water partition coefficient (Wildman–Crippen LogP) is 3.66. The summed E-state index contributed by atoms with van der Waals surface area (Å²) in [6, 6.07) is 5.65. The van der Waals surface area contributed by atoms with Gasteiger partial charge in [-0.15, -0.1) is 0 Å². The van der Waals surface area contributed by atoms with E-state index in [1.54, 1.807) is 20.4 Å². The molecule has 0 saturated carbocycles. The average Bonchev–Trinajstić information content (AvgIpc) is 3.06. The number of nitrogens with one attached hydrogen (secondary N) is 2. The first-order valence-corrected chi connectivity index (χ1v) is 10.1. The van der Waals surface area contributed by atoms with Gasteiger partial charge < -0.3 is 19.7 Å². The van der Waals surface area contributed by atoms with E-state index in [0.29, 0.717) is 36.0 Å². The Balaban J connectivity index is 0.000000775. The zero-order chi connectivity index (χ0) is 22.7. The number of aromatic nitrogens is 3. The number of nitrogens with zero attached hydrogens (tertiary/aromatic N) is 4. The Labute approximate surface area is 184 Å². The van der Waals surface area contributed by atoms with Gasteiger partial charge in [-0.05, 0) is 25.1 Å². The molecule has 8 nitrogen and oxygen atoms in total. The van der Waals surface area contributed by atoms with Crippen LogP contribution in [0.4, 0.5) is 26.0 Å². The van der Waals surface area contributed by atoms with Crippen LogP contribution in [-0.2, 0) is 9.47 Å². The van der Waals surface area contributed by atoms with Crippen LogP contribution in [0.15, 0.2) is 35.5 Å². The molecule has 32 heavy (non-hydrogen) atoms. The van der Waals surface area contributed by atoms with Gasteiger partial charge in [-0.2, -0.15) is 5.10 Å². The number of aliphatic imine (C=N–C) groups is 1. The van der Waals surface area contributed by atoms with Crippen molar-refractivity contribution in [1.29, 1.82) is 0 Å². The van der Waals surface area contributed by atoms with Crippen molar-refractivity contribution < 1.29 is 18.3 Å². The normalized spacial score (nSPS) is 14.9. The molecule has 5 rings (SSSR count). The third kappa shape index (κ3) is 4.19. The summed E-state index contributed by atoms with van der Waals surface area (Å²) in [6.45, 7) is 4.59. The monoisotopic (exact) mass is 442 g/mol. The van der Waals surface area contributed by atoms with Crippen LogP contribution < -0.4 is 10.2 Å². The molecule has 0 bridgehead atoms. The Kier molecular flexibility index (Phi) is 6.42. The highest BCUT2D eigenvalue weighted by Crippen LogP contribution is 2.40. The highest BCUT2D eigenvalue weighted by atomic mass is 19.1. The zero-order valence-corrected chi connectivity index (χ0v) is 18.1. The Morgan fingerprint density at radius 1 is 1.12 bits per heavy atom. The molecule has 10 heteroatoms. The standard InChI is InChI=1S/C20H18F2N6O.C2H6O/c1-11-18-19(27-26-11)12-9-16(28-5-7-29-8-6-28)23-10-15(12)24-20(25-18)17-13(21)3-2-4-14(17)22;1-3-2/h2-4,9-10H,5-8H2,1H3,(H,24,25)(H,26,27);1-2H3. The molecule has 0 amide bonds. The fourth-order valence-electron chi connectivity index (χ4n) is 3.56. The molecule has 2 aromatic heterocycles. The van der Waals surface area contributed by atoms with Crippen molar-refractivity contribution in [2.24, 2.45) is 4.99 Å². The summed E-state index contributed by atoms with van der Waals surface area (Å²) in [6.07, 6.45) is 1.65. The minimum Gasteiger partial charge on any atom is -0.388 e. The highest BCUT2D eigenvalue weighted by molar-refractivity contribution is 6.13. The largest absolute Gasteiger partial charge is 0.388 e. The molecule has 3 aromatic rings. The summed E-state index contributed by atoms with van der Waals surface area (Å²) in [4.78, 5) is 11.2. The van der Waals surface area contributed by atoms with Gasteiger partial charge in [0.25, 0.3) is 0 Å². The molecule has 0 unspecified atom stereocenters. The van der Waals surface area contributed by atoms with Crippen molar-refractivity contribution in [2.75, 3.05) is 50.7 Å². The minimum absolute atomic E-state index is 0.0750. The first-order valence-electron chi connectivity index (χ1n) is 10.1. The number of methoxy groups -OCH3 is 1. The van der Waals surface area contributed by atoms with Gasteiger partial charge in [-0.25, -0.2) is 18.8 Å². The van der Waals surface area contributed by atoms with E-state index in [1.807, 2.05) is 13.0 Å². The van der Waals surface area contributed by atoms with Crippen LogP contribution in [-0.4, -0.2) is 61.5 Å². The zero-order valence-electron chi connectivity index (χ0n) is 18.1. The average molecular weight is 442 g/mol. The minimum atomic E-state index is -0.694. The molecule has 0 radical (unpaired) electrons. The van der Waals surface area contributed by atoms with Gasteiger partial charge in [0.1, 0.15) is 34.7 Å². The van der Waals surface area contributed by atoms with E-state index in [2.05, 4.69) is 35.1 Å². The van der Waals surface area contributed by atoms with Gasteiger partial charge >= 0.3 is 0 Å². The number of morpholine rings is 1. The van der Waals surface area contributed by atoms with Crippen LogP contribution in [0.25, 0.3) is 11.3 Å². The number of hydrogen-bond acceptors (Lipinski definition) is 7. The number of fused-ring (bicyclic) bond motifs is 3. The van der Waals surface area contributed by atoms with E-state index in [0.717, 1.165) is 24.5 Å². The Bertz CT molecular complexity index is 1120. The molecule has 0 spiro atoms. The number of pyridine rings is 1. The molecule has 2 aliphatic heterocycles. The summed E-state index contributed by atoms with van der Waals surface area (Å²) in [7, 11) is 3.25. The van der Waals surface area contributed by atoms with Crippen LogP contribution in [0.2, 0.25) is 0 Å². The first-order chi connectivity index (χ1) is 15.5. The number of aryl methyl sites for hydroxylation is 1. The second-order valence-electron chi connectivity index (χ2n) is 7.32. The molecule has 4 heterocycles. The maximum Gasteiger partial charge on any atom is 0.144 e. The molecule has 1 aromatic carbocycles. The third-order valence-electron chi connectivity index (χ3n) is 5.07. The molecule has 0 atom stereocenters. The lowest BCUT2D eigenvalue weighted by Crippen LogP contribution is -2.36. The molecular weight excluding hydrogens is 418 g/mol. The molecular formula is C22H24F2N6O2. The van der Waals surface area contributed by atoms with Gasteiger partial charge in [-0.1, -0.05) is 6.07 Å². The number of rotatable bonds is 2. The van der Waals surface area contributed by atoms with Crippen molar-refractivity contribution in [3.63, 3.8) is 0 Å². The number of halogens is 2. The maximum absolute atomic E-state index is 14.4. The number of aromatic amines is 1. The number of ether oxygens (including phenoxy) is 2. The summed E-state index contributed by atoms with van der Waals surface area (Å²) >= 11 is 0. The van der Waals surface area contributed by atoms with Crippen LogP contribution in [0.1, 0.15) is 11.3 Å². The van der Waals surface area contributed by atoms with Gasteiger partial charge in [-0.3, -0.25) is 5.10 Å². The predicted molar refractivity (Wildman–Crippen MR) is 119 cm³/mol. The summed E-state index contributed by atoms with van der Waals surface area (Å²) in [5, 5.41) is 10.4. The first kappa shape index (κ1) is 21.8. The molecule has 2 aliphatic rings. The van der Waals surface area contributed by atoms with E-state index < -0.39 is 11.6 Å². The van der Waals surface area contributed by atoms with Crippen molar-refractivity contribution in [3.05, 3.63) is 53.4 Å². The van der Waals surface area contributed by atoms with Crippen LogP contribution >= 0.6 is 0 Å². The van der Waals surface area contributed by atoms with Gasteiger partial charge in [0.2, 0.25) is 0 Å². The van der Waals surface area contributed by atoms with Crippen LogP contribution in [0.3, 0.4) is 0 Å².